The fourth-order valence-electron chi connectivity index (χ4n) is 2.40. The van der Waals surface area contributed by atoms with Crippen molar-refractivity contribution in [2.24, 2.45) is 0 Å². The van der Waals surface area contributed by atoms with Crippen LogP contribution in [0.5, 0.6) is 0 Å². The monoisotopic (exact) mass is 333 g/mol. The van der Waals surface area contributed by atoms with E-state index in [1.807, 2.05) is 0 Å². The number of pyridine rings is 1. The number of hydrogen-bond donors (Lipinski definition) is 1. The Morgan fingerprint density at radius 3 is 2.45 bits per heavy atom. The van der Waals surface area contributed by atoms with Gasteiger partial charge in [0, 0.05) is 5.92 Å². The van der Waals surface area contributed by atoms with Gasteiger partial charge < -0.3 is 5.73 Å². The predicted octanol–water partition coefficient (Wildman–Crippen LogP) is 2.71. The molecule has 0 saturated heterocycles. The van der Waals surface area contributed by atoms with Crippen LogP contribution < -0.4 is 5.73 Å². The highest BCUT2D eigenvalue weighted by Crippen LogP contribution is 2.35. The molecule has 0 aromatic carbocycles. The van der Waals surface area contributed by atoms with Crippen LogP contribution in [0.3, 0.4) is 0 Å². The number of rotatable bonds is 3. The summed E-state index contributed by atoms with van der Waals surface area (Å²) < 4.78 is 51.9. The van der Waals surface area contributed by atoms with Crippen molar-refractivity contribution in [3.8, 4) is 0 Å². The van der Waals surface area contributed by atoms with E-state index in [0.717, 1.165) is 6.07 Å². The second kappa shape index (κ2) is 6.37. The number of nitrogens with two attached hydrogens (primary N) is 1. The maximum Gasteiger partial charge on any atom is 0.433 e. The maximum absolute atomic E-state index is 12.8. The smallest absolute Gasteiger partial charge is 0.397 e. The molecule has 0 amide bonds. The average Bonchev–Trinajstić information content (AvgIpc) is 2.46. The molecule has 4 nitrogen and oxygen atoms in total. The normalized spacial score (nSPS) is 23.7. The van der Waals surface area contributed by atoms with E-state index >= 15 is 0 Å². The maximum atomic E-state index is 12.8. The molecule has 122 valence electrons. The summed E-state index contributed by atoms with van der Waals surface area (Å²) in [5.74, 6) is -0.280. The molecule has 0 aliphatic heterocycles. The lowest BCUT2D eigenvalue weighted by molar-refractivity contribution is -0.141. The van der Waals surface area contributed by atoms with Gasteiger partial charge in [-0.2, -0.15) is 13.2 Å². The average molecular weight is 333 g/mol. The number of nitrogens with zero attached hydrogens (tertiary/aromatic N) is 2. The van der Waals surface area contributed by atoms with Crippen LogP contribution in [-0.4, -0.2) is 32.8 Å². The Morgan fingerprint density at radius 1 is 1.27 bits per heavy atom. The van der Waals surface area contributed by atoms with Crippen molar-refractivity contribution in [2.75, 3.05) is 19.8 Å². The molecular weight excluding hydrogens is 315 g/mol. The van der Waals surface area contributed by atoms with Crippen LogP contribution in [0.1, 0.15) is 30.1 Å². The summed E-state index contributed by atoms with van der Waals surface area (Å²) in [6.45, 7) is 0. The van der Waals surface area contributed by atoms with E-state index in [2.05, 4.69) is 4.98 Å². The van der Waals surface area contributed by atoms with Gasteiger partial charge in [0.15, 0.2) is 0 Å². The summed E-state index contributed by atoms with van der Waals surface area (Å²) in [4.78, 5) is 3.68. The molecule has 0 saturated carbocycles. The number of halogens is 3. The van der Waals surface area contributed by atoms with Crippen LogP contribution in [0.4, 0.5) is 18.9 Å². The van der Waals surface area contributed by atoms with E-state index in [-0.39, 0.29) is 22.5 Å². The van der Waals surface area contributed by atoms with E-state index in [9.17, 15) is 17.4 Å². The summed E-state index contributed by atoms with van der Waals surface area (Å²) in [6.07, 6.45) is 0.235. The van der Waals surface area contributed by atoms with Crippen molar-refractivity contribution in [3.63, 3.8) is 0 Å². The molecule has 1 aromatic heterocycles. The molecular formula is C14H18F3N3OS. The first-order chi connectivity index (χ1) is 10.2. The molecule has 1 aliphatic rings. The minimum absolute atomic E-state index is 0.127. The molecule has 3 atom stereocenters. The molecule has 22 heavy (non-hydrogen) atoms. The predicted molar refractivity (Wildman–Crippen MR) is 80.4 cm³/mol. The van der Waals surface area contributed by atoms with Gasteiger partial charge in [-0.05, 0) is 39.1 Å². The third-order valence-corrected chi connectivity index (χ3v) is 5.17. The first-order valence-electron chi connectivity index (χ1n) is 6.80. The zero-order chi connectivity index (χ0) is 16.5. The van der Waals surface area contributed by atoms with Crippen LogP contribution in [-0.2, 0) is 17.2 Å². The summed E-state index contributed by atoms with van der Waals surface area (Å²) in [5, 5.41) is -0.127. The van der Waals surface area contributed by atoms with Gasteiger partial charge in [-0.1, -0.05) is 12.2 Å². The number of alkyl halides is 3. The van der Waals surface area contributed by atoms with E-state index < -0.39 is 22.9 Å². The Kier molecular flexibility index (Phi) is 4.91. The van der Waals surface area contributed by atoms with Crippen LogP contribution in [0.25, 0.3) is 0 Å². The lowest BCUT2D eigenvalue weighted by atomic mass is 9.91. The zero-order valence-electron chi connectivity index (χ0n) is 12.3. The van der Waals surface area contributed by atoms with Crippen LogP contribution in [0, 0.1) is 0 Å². The molecule has 2 N–H and O–H groups in total. The van der Waals surface area contributed by atoms with Crippen molar-refractivity contribution in [2.45, 2.75) is 30.2 Å². The first kappa shape index (κ1) is 17.0. The quantitative estimate of drug-likeness (QED) is 0.865. The second-order valence-corrected chi connectivity index (χ2v) is 7.25. The van der Waals surface area contributed by atoms with E-state index in [1.165, 1.54) is 6.07 Å². The van der Waals surface area contributed by atoms with Gasteiger partial charge in [0.1, 0.15) is 16.7 Å². The summed E-state index contributed by atoms with van der Waals surface area (Å²) in [5.41, 5.74) is 5.32. The molecule has 1 aliphatic carbocycles. The fraction of sp³-hybridized carbons (Fsp3) is 0.500. The molecule has 0 radical (unpaired) electrons. The highest BCUT2D eigenvalue weighted by atomic mass is 32.2. The van der Waals surface area contributed by atoms with Crippen LogP contribution in [0.2, 0.25) is 0 Å². The van der Waals surface area contributed by atoms with Gasteiger partial charge in [0.25, 0.3) is 0 Å². The van der Waals surface area contributed by atoms with Crippen molar-refractivity contribution >= 4 is 16.7 Å². The number of anilines is 1. The van der Waals surface area contributed by atoms with Crippen molar-refractivity contribution < 1.29 is 17.4 Å². The standard InChI is InChI=1S/C14H18F3N3OS/c1-20(2)22(21)10-5-3-9(4-6-10)13-11(18)7-8-12(19-13)14(15,16)17/h3,5,7-10H,4,6,18H2,1-2H3. The van der Waals surface area contributed by atoms with Gasteiger partial charge in [-0.25, -0.2) is 13.5 Å². The number of hydrogen-bond acceptors (Lipinski definition) is 3. The molecule has 0 bridgehead atoms. The molecule has 0 spiro atoms. The van der Waals surface area contributed by atoms with Crippen LogP contribution in [0.15, 0.2) is 24.3 Å². The first-order valence-corrected chi connectivity index (χ1v) is 7.97. The van der Waals surface area contributed by atoms with Gasteiger partial charge in [0.2, 0.25) is 0 Å². The van der Waals surface area contributed by atoms with Gasteiger partial charge >= 0.3 is 6.18 Å². The largest absolute Gasteiger partial charge is 0.433 e. The highest BCUT2D eigenvalue weighted by molar-refractivity contribution is 7.83. The second-order valence-electron chi connectivity index (χ2n) is 5.36. The lowest BCUT2D eigenvalue weighted by Crippen LogP contribution is -2.28. The summed E-state index contributed by atoms with van der Waals surface area (Å²) in [6, 6.07) is 2.12. The molecule has 0 fully saturated rings. The highest BCUT2D eigenvalue weighted by Gasteiger charge is 2.34. The summed E-state index contributed by atoms with van der Waals surface area (Å²) in [7, 11) is 2.31. The van der Waals surface area contributed by atoms with E-state index in [1.54, 1.807) is 30.6 Å². The van der Waals surface area contributed by atoms with E-state index in [4.69, 9.17) is 5.73 Å². The molecule has 3 unspecified atom stereocenters. The Morgan fingerprint density at radius 2 is 1.95 bits per heavy atom. The Labute approximate surface area is 129 Å². The van der Waals surface area contributed by atoms with Crippen molar-refractivity contribution in [3.05, 3.63) is 35.7 Å². The van der Waals surface area contributed by atoms with Gasteiger partial charge in [-0.3, -0.25) is 0 Å². The summed E-state index contributed by atoms with van der Waals surface area (Å²) >= 11 is 0. The van der Waals surface area contributed by atoms with Crippen molar-refractivity contribution in [1.29, 1.82) is 0 Å². The fourth-order valence-corrected chi connectivity index (χ4v) is 3.51. The van der Waals surface area contributed by atoms with E-state index in [0.29, 0.717) is 12.8 Å². The Balaban J connectivity index is 2.24. The van der Waals surface area contributed by atoms with Gasteiger partial charge in [0.05, 0.1) is 16.6 Å². The SMILES string of the molecule is CN(C)S(=O)C1C=CC(c2nc(C(F)(F)F)ccc2N)CC1. The lowest BCUT2D eigenvalue weighted by Gasteiger charge is -2.25. The molecule has 2 rings (SSSR count). The van der Waals surface area contributed by atoms with Crippen molar-refractivity contribution in [1.82, 2.24) is 9.29 Å². The van der Waals surface area contributed by atoms with Gasteiger partial charge in [-0.15, -0.1) is 0 Å². The molecule has 1 heterocycles. The Bertz CT molecular complexity index is 601. The minimum Gasteiger partial charge on any atom is -0.397 e. The third-order valence-electron chi connectivity index (χ3n) is 3.54. The topological polar surface area (TPSA) is 59.2 Å². The van der Waals surface area contributed by atoms with Crippen LogP contribution >= 0.6 is 0 Å². The third kappa shape index (κ3) is 3.67. The number of nitrogen functional groups attached to an aromatic ring is 1. The minimum atomic E-state index is -4.49. The zero-order valence-corrected chi connectivity index (χ0v) is 13.1. The molecule has 1 aromatic rings. The number of aromatic nitrogens is 1. The number of allylic oxidation sites excluding steroid dienone is 1. The molecule has 8 heteroatoms. The Hall–Kier alpha value is -1.41.